The Morgan fingerprint density at radius 3 is 2.52 bits per heavy atom. The Hall–Kier alpha value is -2.06. The summed E-state index contributed by atoms with van der Waals surface area (Å²) in [6.45, 7) is 2.01. The molecule has 0 saturated carbocycles. The number of carbonyl (C=O) groups excluding carboxylic acids is 1. The number of rotatable bonds is 5. The predicted molar refractivity (Wildman–Crippen MR) is 92.5 cm³/mol. The van der Waals surface area contributed by atoms with Crippen LogP contribution in [0.1, 0.15) is 21.5 Å². The molecule has 0 bridgehead atoms. The van der Waals surface area contributed by atoms with Gasteiger partial charge in [-0.25, -0.2) is 9.59 Å². The second-order valence-corrected chi connectivity index (χ2v) is 6.83. The molecule has 23 heavy (non-hydrogen) atoms. The molecule has 1 aromatic carbocycles. The zero-order valence-corrected chi connectivity index (χ0v) is 14.6. The molecule has 0 saturated heterocycles. The number of aromatic nitrogens is 1. The highest BCUT2D eigenvalue weighted by Crippen LogP contribution is 2.33. The number of carboxylic acid groups (broad SMARTS) is 1. The lowest BCUT2D eigenvalue weighted by Crippen LogP contribution is -2.27. The molecule has 0 radical (unpaired) electrons. The van der Waals surface area contributed by atoms with E-state index in [9.17, 15) is 14.7 Å². The fraction of sp³-hybridized carbons (Fsp3) is 0.267. The average Bonchev–Trinajstić information content (AvgIpc) is 2.89. The van der Waals surface area contributed by atoms with Crippen molar-refractivity contribution < 1.29 is 14.7 Å². The highest BCUT2D eigenvalue weighted by molar-refractivity contribution is 7.98. The van der Waals surface area contributed by atoms with E-state index in [0.717, 1.165) is 17.1 Å². The number of anilines is 1. The number of urea groups is 1. The van der Waals surface area contributed by atoms with Crippen molar-refractivity contribution in [2.45, 2.75) is 17.7 Å². The molecule has 0 aliphatic carbocycles. The topological polar surface area (TPSA) is 82.5 Å². The van der Waals surface area contributed by atoms with Gasteiger partial charge in [-0.3, -0.25) is 5.32 Å². The van der Waals surface area contributed by atoms with Crippen LogP contribution >= 0.6 is 23.3 Å². The summed E-state index contributed by atoms with van der Waals surface area (Å²) in [7, 11) is 3.17. The van der Waals surface area contributed by atoms with Gasteiger partial charge >= 0.3 is 12.0 Å². The first-order chi connectivity index (χ1) is 10.9. The van der Waals surface area contributed by atoms with E-state index < -0.39 is 5.97 Å². The summed E-state index contributed by atoms with van der Waals surface area (Å²) in [6, 6.07) is 7.65. The summed E-state index contributed by atoms with van der Waals surface area (Å²) in [5.74, 6) is -0.482. The van der Waals surface area contributed by atoms with E-state index in [2.05, 4.69) is 9.69 Å². The molecule has 2 N–H and O–H groups in total. The summed E-state index contributed by atoms with van der Waals surface area (Å²) in [4.78, 5) is 24.5. The van der Waals surface area contributed by atoms with Crippen molar-refractivity contribution in [3.05, 3.63) is 41.0 Å². The van der Waals surface area contributed by atoms with Crippen molar-refractivity contribution in [2.24, 2.45) is 0 Å². The van der Waals surface area contributed by atoms with Crippen molar-refractivity contribution in [3.63, 3.8) is 0 Å². The van der Waals surface area contributed by atoms with Gasteiger partial charge in [-0.05, 0) is 24.0 Å². The summed E-state index contributed by atoms with van der Waals surface area (Å²) in [5, 5.41) is 12.6. The van der Waals surface area contributed by atoms with Gasteiger partial charge in [0.2, 0.25) is 0 Å². The Kier molecular flexibility index (Phi) is 5.62. The first kappa shape index (κ1) is 17.3. The molecule has 0 spiro atoms. The molecule has 8 heteroatoms. The van der Waals surface area contributed by atoms with Crippen LogP contribution < -0.4 is 5.32 Å². The second-order valence-electron chi connectivity index (χ2n) is 5.10. The fourth-order valence-corrected chi connectivity index (χ4v) is 3.58. The number of benzene rings is 1. The highest BCUT2D eigenvalue weighted by atomic mass is 32.2. The van der Waals surface area contributed by atoms with Crippen LogP contribution in [0, 0.1) is 6.92 Å². The molecular weight excluding hydrogens is 334 g/mol. The zero-order chi connectivity index (χ0) is 17.0. The molecule has 0 unspecified atom stereocenters. The molecule has 0 fully saturated rings. The number of aromatic carboxylic acids is 1. The van der Waals surface area contributed by atoms with Gasteiger partial charge in [0.05, 0.1) is 0 Å². The number of carboxylic acids is 1. The Balaban J connectivity index is 2.15. The Morgan fingerprint density at radius 2 is 1.96 bits per heavy atom. The maximum absolute atomic E-state index is 11.7. The molecule has 1 heterocycles. The average molecular weight is 351 g/mol. The summed E-state index contributed by atoms with van der Waals surface area (Å²) < 4.78 is 4.17. The standard InChI is InChI=1S/C15H17N3O3S2/c1-9-4-6-10(7-5-9)8-22-13-11(14(19)20)12(23-17-13)16-15(21)18(2)3/h4-7H,8H2,1-3H3,(H,16,21)(H,19,20). The van der Waals surface area contributed by atoms with Crippen molar-refractivity contribution in [3.8, 4) is 0 Å². The molecule has 2 rings (SSSR count). The van der Waals surface area contributed by atoms with Crippen LogP contribution in [0.15, 0.2) is 29.3 Å². The number of aryl methyl sites for hydroxylation is 1. The lowest BCUT2D eigenvalue weighted by molar-refractivity contribution is 0.0694. The van der Waals surface area contributed by atoms with Crippen LogP contribution in [-0.2, 0) is 5.75 Å². The van der Waals surface area contributed by atoms with Crippen LogP contribution in [0.2, 0.25) is 0 Å². The van der Waals surface area contributed by atoms with Gasteiger partial charge in [0.15, 0.2) is 0 Å². The molecule has 122 valence electrons. The number of nitrogens with one attached hydrogen (secondary N) is 1. The van der Waals surface area contributed by atoms with E-state index in [1.54, 1.807) is 14.1 Å². The second kappa shape index (κ2) is 7.47. The van der Waals surface area contributed by atoms with Crippen LogP contribution in [-0.4, -0.2) is 40.5 Å². The molecule has 1 aromatic heterocycles. The number of hydrogen-bond donors (Lipinski definition) is 2. The van der Waals surface area contributed by atoms with E-state index in [1.165, 1.54) is 22.2 Å². The van der Waals surface area contributed by atoms with Crippen molar-refractivity contribution in [1.29, 1.82) is 0 Å². The summed E-state index contributed by atoms with van der Waals surface area (Å²) in [6.07, 6.45) is 0. The lowest BCUT2D eigenvalue weighted by atomic mass is 10.2. The van der Waals surface area contributed by atoms with Gasteiger partial charge in [-0.2, -0.15) is 4.37 Å². The van der Waals surface area contributed by atoms with Crippen LogP contribution in [0.3, 0.4) is 0 Å². The maximum atomic E-state index is 11.7. The van der Waals surface area contributed by atoms with E-state index in [0.29, 0.717) is 10.8 Å². The van der Waals surface area contributed by atoms with Crippen LogP contribution in [0.25, 0.3) is 0 Å². The minimum atomic E-state index is -1.10. The number of carbonyl (C=O) groups is 2. The van der Waals surface area contributed by atoms with Gasteiger partial charge in [0.1, 0.15) is 15.6 Å². The van der Waals surface area contributed by atoms with Crippen LogP contribution in [0.4, 0.5) is 9.80 Å². The largest absolute Gasteiger partial charge is 0.477 e. The Bertz CT molecular complexity index is 711. The first-order valence-corrected chi connectivity index (χ1v) is 8.54. The fourth-order valence-electron chi connectivity index (χ4n) is 1.69. The SMILES string of the molecule is Cc1ccc(CSc2nsc(NC(=O)N(C)C)c2C(=O)O)cc1. The van der Waals surface area contributed by atoms with E-state index in [-0.39, 0.29) is 16.6 Å². The third-order valence-electron chi connectivity index (χ3n) is 3.00. The molecule has 0 aliphatic heterocycles. The zero-order valence-electron chi connectivity index (χ0n) is 13.0. The normalized spacial score (nSPS) is 10.4. The molecule has 6 nitrogen and oxygen atoms in total. The minimum absolute atomic E-state index is 0.0438. The molecule has 2 aromatic rings. The van der Waals surface area contributed by atoms with Gasteiger partial charge in [0.25, 0.3) is 0 Å². The van der Waals surface area contributed by atoms with E-state index in [1.807, 2.05) is 31.2 Å². The number of hydrogen-bond acceptors (Lipinski definition) is 5. The number of nitrogens with zero attached hydrogens (tertiary/aromatic N) is 2. The Labute approximate surface area is 142 Å². The van der Waals surface area contributed by atoms with Gasteiger partial charge in [-0.1, -0.05) is 41.6 Å². The third kappa shape index (κ3) is 4.46. The van der Waals surface area contributed by atoms with E-state index in [4.69, 9.17) is 0 Å². The molecule has 2 amide bonds. The number of amides is 2. The quantitative estimate of drug-likeness (QED) is 0.805. The highest BCUT2D eigenvalue weighted by Gasteiger charge is 2.22. The third-order valence-corrected chi connectivity index (χ3v) is 4.92. The van der Waals surface area contributed by atoms with E-state index >= 15 is 0 Å². The van der Waals surface area contributed by atoms with Crippen molar-refractivity contribution >= 4 is 40.3 Å². The van der Waals surface area contributed by atoms with Crippen molar-refractivity contribution in [2.75, 3.05) is 19.4 Å². The molecule has 0 aliphatic rings. The molecule has 0 atom stereocenters. The van der Waals surface area contributed by atoms with Gasteiger partial charge < -0.3 is 10.0 Å². The Morgan fingerprint density at radius 1 is 1.30 bits per heavy atom. The summed E-state index contributed by atoms with van der Waals surface area (Å²) in [5.41, 5.74) is 2.30. The van der Waals surface area contributed by atoms with Gasteiger partial charge in [-0.15, -0.1) is 0 Å². The monoisotopic (exact) mass is 351 g/mol. The van der Waals surface area contributed by atoms with Gasteiger partial charge in [0, 0.05) is 19.8 Å². The smallest absolute Gasteiger partial charge is 0.341 e. The lowest BCUT2D eigenvalue weighted by Gasteiger charge is -2.10. The maximum Gasteiger partial charge on any atom is 0.341 e. The van der Waals surface area contributed by atoms with Crippen LogP contribution in [0.5, 0.6) is 0 Å². The first-order valence-electron chi connectivity index (χ1n) is 6.78. The van der Waals surface area contributed by atoms with Crippen molar-refractivity contribution in [1.82, 2.24) is 9.27 Å². The molecular formula is C15H17N3O3S2. The number of thioether (sulfide) groups is 1. The predicted octanol–water partition coefficient (Wildman–Crippen LogP) is 3.54. The summed E-state index contributed by atoms with van der Waals surface area (Å²) >= 11 is 2.32. The minimum Gasteiger partial charge on any atom is -0.477 e.